The number of carbonyl (C=O) groups is 2. The number of rotatable bonds is 8. The van der Waals surface area contributed by atoms with Gasteiger partial charge in [-0.25, -0.2) is 4.79 Å². The van der Waals surface area contributed by atoms with E-state index in [9.17, 15) is 9.59 Å². The fraction of sp³-hybridized carbons (Fsp3) is 0.455. The Bertz CT molecular complexity index is 927. The van der Waals surface area contributed by atoms with Crippen molar-refractivity contribution in [3.8, 4) is 0 Å². The molecule has 1 aliphatic rings. The molecule has 6 nitrogen and oxygen atoms in total. The highest BCUT2D eigenvalue weighted by molar-refractivity contribution is 7.16. The third kappa shape index (κ3) is 6.67. The first-order chi connectivity index (χ1) is 14.9. The Morgan fingerprint density at radius 1 is 1.06 bits per heavy atom. The summed E-state index contributed by atoms with van der Waals surface area (Å²) in [7, 11) is 0. The molecule has 0 bridgehead atoms. The van der Waals surface area contributed by atoms with Gasteiger partial charge in [0.1, 0.15) is 5.00 Å². The molecule has 0 radical (unpaired) electrons. The highest BCUT2D eigenvalue weighted by Crippen LogP contribution is 2.29. The first-order valence-electron chi connectivity index (χ1n) is 10.4. The molecule has 31 heavy (non-hydrogen) atoms. The molecule has 168 valence electrons. The van der Waals surface area contributed by atoms with Crippen molar-refractivity contribution in [2.75, 3.05) is 44.6 Å². The van der Waals surface area contributed by atoms with Gasteiger partial charge in [0, 0.05) is 37.6 Å². The zero-order chi connectivity index (χ0) is 22.4. The molecule has 0 atom stereocenters. The van der Waals surface area contributed by atoms with E-state index in [-0.39, 0.29) is 5.91 Å². The van der Waals surface area contributed by atoms with Crippen molar-refractivity contribution in [2.45, 2.75) is 26.8 Å². The fourth-order valence-corrected chi connectivity index (χ4v) is 4.76. The smallest absolute Gasteiger partial charge is 0.341 e. The molecular formula is C22H27Cl2N3O3S. The summed E-state index contributed by atoms with van der Waals surface area (Å²) < 4.78 is 5.12. The lowest BCUT2D eigenvalue weighted by Gasteiger charge is -2.34. The maximum Gasteiger partial charge on any atom is 0.341 e. The monoisotopic (exact) mass is 483 g/mol. The number of piperazine rings is 1. The van der Waals surface area contributed by atoms with Gasteiger partial charge in [-0.05, 0) is 37.1 Å². The van der Waals surface area contributed by atoms with Gasteiger partial charge < -0.3 is 10.1 Å². The molecule has 1 amide bonds. The molecule has 1 N–H and O–H groups in total. The highest BCUT2D eigenvalue weighted by atomic mass is 35.5. The lowest BCUT2D eigenvalue weighted by molar-refractivity contribution is -0.117. The van der Waals surface area contributed by atoms with Crippen molar-refractivity contribution in [2.24, 2.45) is 0 Å². The summed E-state index contributed by atoms with van der Waals surface area (Å²) in [6.07, 6.45) is 0.799. The normalized spacial score (nSPS) is 15.1. The molecule has 3 rings (SSSR count). The molecule has 1 aromatic heterocycles. The van der Waals surface area contributed by atoms with Crippen LogP contribution in [0.3, 0.4) is 0 Å². The highest BCUT2D eigenvalue weighted by Gasteiger charge is 2.22. The molecule has 1 saturated heterocycles. The second-order valence-electron chi connectivity index (χ2n) is 7.38. The molecule has 2 aromatic rings. The van der Waals surface area contributed by atoms with Gasteiger partial charge in [0.05, 0.1) is 28.8 Å². The SMILES string of the molecule is CCOC(=O)c1cc(CC)sc1NC(=O)CN1CCN(Cc2ccc(Cl)c(Cl)c2)CC1. The number of aryl methyl sites for hydroxylation is 1. The van der Waals surface area contributed by atoms with E-state index in [1.165, 1.54) is 11.3 Å². The summed E-state index contributed by atoms with van der Waals surface area (Å²) in [5.74, 6) is -0.516. The van der Waals surface area contributed by atoms with Crippen LogP contribution in [0.15, 0.2) is 24.3 Å². The third-order valence-electron chi connectivity index (χ3n) is 5.10. The second kappa shape index (κ2) is 11.3. The van der Waals surface area contributed by atoms with Crippen LogP contribution in [0.1, 0.15) is 34.6 Å². The Morgan fingerprint density at radius 2 is 1.77 bits per heavy atom. The van der Waals surface area contributed by atoms with Crippen LogP contribution in [0.4, 0.5) is 5.00 Å². The molecule has 9 heteroatoms. The minimum Gasteiger partial charge on any atom is -0.462 e. The number of anilines is 1. The predicted molar refractivity (Wildman–Crippen MR) is 126 cm³/mol. The number of esters is 1. The number of carbonyl (C=O) groups excluding carboxylic acids is 2. The molecule has 0 aliphatic carbocycles. The van der Waals surface area contributed by atoms with E-state index in [1.54, 1.807) is 13.0 Å². The number of hydrogen-bond donors (Lipinski definition) is 1. The van der Waals surface area contributed by atoms with E-state index in [0.29, 0.717) is 33.8 Å². The number of thiophene rings is 1. The quantitative estimate of drug-likeness (QED) is 0.557. The lowest BCUT2D eigenvalue weighted by atomic mass is 10.2. The van der Waals surface area contributed by atoms with Crippen LogP contribution in [0.2, 0.25) is 10.0 Å². The summed E-state index contributed by atoms with van der Waals surface area (Å²) in [6, 6.07) is 7.51. The Morgan fingerprint density at radius 3 is 2.42 bits per heavy atom. The Kier molecular flexibility index (Phi) is 8.75. The van der Waals surface area contributed by atoms with Gasteiger partial charge in [0.25, 0.3) is 0 Å². The van der Waals surface area contributed by atoms with E-state index in [4.69, 9.17) is 27.9 Å². The summed E-state index contributed by atoms with van der Waals surface area (Å²) >= 11 is 13.5. The number of nitrogens with one attached hydrogen (secondary N) is 1. The van der Waals surface area contributed by atoms with Crippen LogP contribution in [0.25, 0.3) is 0 Å². The Labute approximate surface area is 197 Å². The number of benzene rings is 1. The topological polar surface area (TPSA) is 61.9 Å². The van der Waals surface area contributed by atoms with E-state index >= 15 is 0 Å². The van der Waals surface area contributed by atoms with Crippen LogP contribution in [0, 0.1) is 0 Å². The average Bonchev–Trinajstić information content (AvgIpc) is 3.15. The van der Waals surface area contributed by atoms with Crippen LogP contribution in [-0.4, -0.2) is 61.0 Å². The van der Waals surface area contributed by atoms with Crippen LogP contribution in [0.5, 0.6) is 0 Å². The number of halogens is 2. The Hall–Kier alpha value is -1.64. The molecular weight excluding hydrogens is 457 g/mol. The summed E-state index contributed by atoms with van der Waals surface area (Å²) in [5.41, 5.74) is 1.56. The Balaban J connectivity index is 1.50. The summed E-state index contributed by atoms with van der Waals surface area (Å²) in [4.78, 5) is 30.3. The van der Waals surface area contributed by atoms with Crippen molar-refractivity contribution in [3.63, 3.8) is 0 Å². The van der Waals surface area contributed by atoms with E-state index in [2.05, 4.69) is 15.1 Å². The van der Waals surface area contributed by atoms with Crippen molar-refractivity contribution in [3.05, 3.63) is 50.3 Å². The first kappa shape index (κ1) is 24.0. The number of hydrogen-bond acceptors (Lipinski definition) is 6. The van der Waals surface area contributed by atoms with Gasteiger partial charge in [-0.3, -0.25) is 14.6 Å². The molecule has 1 aliphatic heterocycles. The summed E-state index contributed by atoms with van der Waals surface area (Å²) in [6.45, 7) is 8.50. The standard InChI is InChI=1S/C22H27Cl2N3O3S/c1-3-16-12-17(22(29)30-4-2)21(31-16)25-20(28)14-27-9-7-26(8-10-27)13-15-5-6-18(23)19(24)11-15/h5-6,11-12H,3-4,7-10,13-14H2,1-2H3,(H,25,28). The molecule has 1 aromatic carbocycles. The molecule has 0 saturated carbocycles. The minimum atomic E-state index is -0.398. The summed E-state index contributed by atoms with van der Waals surface area (Å²) in [5, 5.41) is 4.60. The van der Waals surface area contributed by atoms with Gasteiger partial charge in [0.2, 0.25) is 5.91 Å². The average molecular weight is 484 g/mol. The molecule has 2 heterocycles. The maximum atomic E-state index is 12.6. The number of ether oxygens (including phenoxy) is 1. The number of amides is 1. The van der Waals surface area contributed by atoms with Crippen molar-refractivity contribution < 1.29 is 14.3 Å². The van der Waals surface area contributed by atoms with Gasteiger partial charge in [-0.2, -0.15) is 0 Å². The largest absolute Gasteiger partial charge is 0.462 e. The molecule has 0 unspecified atom stereocenters. The van der Waals surface area contributed by atoms with Crippen molar-refractivity contribution >= 4 is 51.4 Å². The van der Waals surface area contributed by atoms with Gasteiger partial charge in [-0.15, -0.1) is 11.3 Å². The second-order valence-corrected chi connectivity index (χ2v) is 9.33. The van der Waals surface area contributed by atoms with E-state index in [1.807, 2.05) is 25.1 Å². The predicted octanol–water partition coefficient (Wildman–Crippen LogP) is 4.55. The van der Waals surface area contributed by atoms with E-state index in [0.717, 1.165) is 49.6 Å². The van der Waals surface area contributed by atoms with Crippen LogP contribution in [-0.2, 0) is 22.5 Å². The molecule has 0 spiro atoms. The maximum absolute atomic E-state index is 12.6. The van der Waals surface area contributed by atoms with E-state index < -0.39 is 5.97 Å². The van der Waals surface area contributed by atoms with Gasteiger partial charge in [0.15, 0.2) is 0 Å². The van der Waals surface area contributed by atoms with Crippen LogP contribution >= 0.6 is 34.5 Å². The zero-order valence-electron chi connectivity index (χ0n) is 17.7. The lowest BCUT2D eigenvalue weighted by Crippen LogP contribution is -2.48. The third-order valence-corrected chi connectivity index (χ3v) is 7.04. The van der Waals surface area contributed by atoms with Crippen molar-refractivity contribution in [1.29, 1.82) is 0 Å². The van der Waals surface area contributed by atoms with Gasteiger partial charge in [-0.1, -0.05) is 36.2 Å². The fourth-order valence-electron chi connectivity index (χ4n) is 3.44. The molecule has 1 fully saturated rings. The zero-order valence-corrected chi connectivity index (χ0v) is 20.1. The van der Waals surface area contributed by atoms with Crippen LogP contribution < -0.4 is 5.32 Å². The van der Waals surface area contributed by atoms with Crippen molar-refractivity contribution in [1.82, 2.24) is 9.80 Å². The minimum absolute atomic E-state index is 0.118. The number of nitrogens with zero attached hydrogens (tertiary/aromatic N) is 2. The van der Waals surface area contributed by atoms with Gasteiger partial charge >= 0.3 is 5.97 Å². The first-order valence-corrected chi connectivity index (χ1v) is 11.9.